The fourth-order valence-electron chi connectivity index (χ4n) is 1.92. The Morgan fingerprint density at radius 2 is 1.95 bits per heavy atom. The molecule has 0 radical (unpaired) electrons. The molecule has 0 aromatic heterocycles. The predicted molar refractivity (Wildman–Crippen MR) is 75.3 cm³/mol. The second-order valence-electron chi connectivity index (χ2n) is 4.52. The van der Waals surface area contributed by atoms with Gasteiger partial charge < -0.3 is 14.8 Å². The van der Waals surface area contributed by atoms with Gasteiger partial charge in [0, 0.05) is 13.7 Å². The molecule has 0 unspecified atom stereocenters. The number of methoxy groups -OCH3 is 2. The van der Waals surface area contributed by atoms with Gasteiger partial charge in [-0.3, -0.25) is 0 Å². The molecule has 0 spiro atoms. The minimum Gasteiger partial charge on any atom is -0.494 e. The summed E-state index contributed by atoms with van der Waals surface area (Å²) in [4.78, 5) is 0. The molecule has 0 aliphatic heterocycles. The molecule has 1 N–H and O–H groups in total. The standard InChI is InChI=1S/C15H24FNO2/c1-18-11-10-17-9-5-3-4-6-13-7-8-15(19-2)14(16)12-13/h7-8,12,17H,3-6,9-11H2,1-2H3. The maximum absolute atomic E-state index is 13.5. The van der Waals surface area contributed by atoms with Crippen LogP contribution in [0.25, 0.3) is 0 Å². The Bertz CT molecular complexity index is 358. The molecule has 0 aliphatic rings. The second-order valence-corrected chi connectivity index (χ2v) is 4.52. The molecule has 0 saturated carbocycles. The van der Waals surface area contributed by atoms with Gasteiger partial charge >= 0.3 is 0 Å². The first kappa shape index (κ1) is 15.9. The van der Waals surface area contributed by atoms with Gasteiger partial charge in [0.1, 0.15) is 0 Å². The van der Waals surface area contributed by atoms with E-state index in [1.54, 1.807) is 19.2 Å². The zero-order valence-electron chi connectivity index (χ0n) is 11.9. The van der Waals surface area contributed by atoms with Gasteiger partial charge in [-0.25, -0.2) is 4.39 Å². The van der Waals surface area contributed by atoms with Crippen LogP contribution in [-0.2, 0) is 11.2 Å². The largest absolute Gasteiger partial charge is 0.494 e. The third-order valence-electron chi connectivity index (χ3n) is 3.02. The second kappa shape index (κ2) is 9.75. The smallest absolute Gasteiger partial charge is 0.165 e. The SMILES string of the molecule is COCCNCCCCCc1ccc(OC)c(F)c1. The Kier molecular flexibility index (Phi) is 8.18. The van der Waals surface area contributed by atoms with Gasteiger partial charge in [-0.05, 0) is 43.5 Å². The van der Waals surface area contributed by atoms with Gasteiger partial charge in [0.2, 0.25) is 0 Å². The molecular weight excluding hydrogens is 245 g/mol. The molecule has 0 fully saturated rings. The molecule has 0 atom stereocenters. The maximum Gasteiger partial charge on any atom is 0.165 e. The first-order valence-electron chi connectivity index (χ1n) is 6.80. The average Bonchev–Trinajstić information content (AvgIpc) is 2.42. The number of benzene rings is 1. The van der Waals surface area contributed by atoms with Crippen LogP contribution in [0.4, 0.5) is 4.39 Å². The molecule has 3 nitrogen and oxygen atoms in total. The fourth-order valence-corrected chi connectivity index (χ4v) is 1.92. The summed E-state index contributed by atoms with van der Waals surface area (Å²) in [6.07, 6.45) is 4.28. The van der Waals surface area contributed by atoms with E-state index in [1.165, 1.54) is 7.11 Å². The van der Waals surface area contributed by atoms with Crippen molar-refractivity contribution >= 4 is 0 Å². The normalized spacial score (nSPS) is 10.7. The summed E-state index contributed by atoms with van der Waals surface area (Å²) in [6.45, 7) is 2.67. The highest BCUT2D eigenvalue weighted by Gasteiger charge is 2.03. The lowest BCUT2D eigenvalue weighted by molar-refractivity contribution is 0.199. The van der Waals surface area contributed by atoms with Crippen molar-refractivity contribution in [1.29, 1.82) is 0 Å². The topological polar surface area (TPSA) is 30.5 Å². The Balaban J connectivity index is 2.11. The molecule has 0 aliphatic carbocycles. The van der Waals surface area contributed by atoms with Crippen LogP contribution in [0.15, 0.2) is 18.2 Å². The minimum absolute atomic E-state index is 0.277. The minimum atomic E-state index is -0.277. The predicted octanol–water partition coefficient (Wildman–Crippen LogP) is 2.78. The van der Waals surface area contributed by atoms with Crippen molar-refractivity contribution in [3.63, 3.8) is 0 Å². The van der Waals surface area contributed by atoms with E-state index in [4.69, 9.17) is 9.47 Å². The van der Waals surface area contributed by atoms with Crippen LogP contribution in [0.1, 0.15) is 24.8 Å². The van der Waals surface area contributed by atoms with E-state index in [0.717, 1.165) is 50.9 Å². The lowest BCUT2D eigenvalue weighted by Crippen LogP contribution is -2.20. The Morgan fingerprint density at radius 1 is 1.11 bits per heavy atom. The van der Waals surface area contributed by atoms with Gasteiger partial charge in [-0.15, -0.1) is 0 Å². The maximum atomic E-state index is 13.5. The average molecular weight is 269 g/mol. The van der Waals surface area contributed by atoms with Gasteiger partial charge in [0.05, 0.1) is 13.7 Å². The van der Waals surface area contributed by atoms with Crippen molar-refractivity contribution in [1.82, 2.24) is 5.32 Å². The van der Waals surface area contributed by atoms with Gasteiger partial charge in [-0.1, -0.05) is 12.5 Å². The summed E-state index contributed by atoms with van der Waals surface area (Å²) in [6, 6.07) is 5.19. The Hall–Kier alpha value is -1.13. The first-order chi connectivity index (χ1) is 9.27. The zero-order chi connectivity index (χ0) is 13.9. The van der Waals surface area contributed by atoms with Crippen LogP contribution in [0.3, 0.4) is 0 Å². The number of hydrogen-bond acceptors (Lipinski definition) is 3. The number of hydrogen-bond donors (Lipinski definition) is 1. The molecule has 1 aromatic rings. The molecular formula is C15H24FNO2. The summed E-state index contributed by atoms with van der Waals surface area (Å²) in [7, 11) is 3.18. The molecule has 0 amide bonds. The van der Waals surface area contributed by atoms with E-state index < -0.39 is 0 Å². The summed E-state index contributed by atoms with van der Waals surface area (Å²) in [5.74, 6) is 0.0346. The van der Waals surface area contributed by atoms with Crippen LogP contribution < -0.4 is 10.1 Å². The monoisotopic (exact) mass is 269 g/mol. The number of ether oxygens (including phenoxy) is 2. The molecule has 0 heterocycles. The lowest BCUT2D eigenvalue weighted by atomic mass is 10.1. The van der Waals surface area contributed by atoms with E-state index in [1.807, 2.05) is 6.07 Å². The summed E-state index contributed by atoms with van der Waals surface area (Å²) >= 11 is 0. The Morgan fingerprint density at radius 3 is 2.63 bits per heavy atom. The highest BCUT2D eigenvalue weighted by Crippen LogP contribution is 2.18. The third kappa shape index (κ3) is 6.55. The number of nitrogens with one attached hydrogen (secondary N) is 1. The summed E-state index contributed by atoms with van der Waals surface area (Å²) < 4.78 is 23.3. The highest BCUT2D eigenvalue weighted by molar-refractivity contribution is 5.29. The molecule has 0 bridgehead atoms. The van der Waals surface area contributed by atoms with E-state index in [0.29, 0.717) is 5.75 Å². The number of halogens is 1. The van der Waals surface area contributed by atoms with Crippen molar-refractivity contribution in [3.05, 3.63) is 29.6 Å². The lowest BCUT2D eigenvalue weighted by Gasteiger charge is -2.06. The summed E-state index contributed by atoms with van der Waals surface area (Å²) in [5, 5.41) is 3.31. The quantitative estimate of drug-likeness (QED) is 0.663. The molecule has 1 aromatic carbocycles. The molecule has 1 rings (SSSR count). The molecule has 19 heavy (non-hydrogen) atoms. The zero-order valence-corrected chi connectivity index (χ0v) is 11.9. The van der Waals surface area contributed by atoms with E-state index in [9.17, 15) is 4.39 Å². The van der Waals surface area contributed by atoms with Gasteiger partial charge in [0.25, 0.3) is 0 Å². The molecule has 108 valence electrons. The first-order valence-corrected chi connectivity index (χ1v) is 6.80. The third-order valence-corrected chi connectivity index (χ3v) is 3.02. The highest BCUT2D eigenvalue weighted by atomic mass is 19.1. The van der Waals surface area contributed by atoms with Crippen molar-refractivity contribution in [2.24, 2.45) is 0 Å². The van der Waals surface area contributed by atoms with E-state index in [2.05, 4.69) is 5.32 Å². The van der Waals surface area contributed by atoms with Crippen LogP contribution in [0.2, 0.25) is 0 Å². The van der Waals surface area contributed by atoms with Crippen molar-refractivity contribution in [2.75, 3.05) is 33.9 Å². The fraction of sp³-hybridized carbons (Fsp3) is 0.600. The molecule has 4 heteroatoms. The van der Waals surface area contributed by atoms with Crippen molar-refractivity contribution in [2.45, 2.75) is 25.7 Å². The van der Waals surface area contributed by atoms with Gasteiger partial charge in [0.15, 0.2) is 11.6 Å². The van der Waals surface area contributed by atoms with Crippen LogP contribution in [0, 0.1) is 5.82 Å². The van der Waals surface area contributed by atoms with Gasteiger partial charge in [-0.2, -0.15) is 0 Å². The Labute approximate surface area is 115 Å². The number of unbranched alkanes of at least 4 members (excludes halogenated alkanes) is 2. The van der Waals surface area contributed by atoms with Crippen molar-refractivity contribution < 1.29 is 13.9 Å². The molecule has 0 saturated heterocycles. The van der Waals surface area contributed by atoms with E-state index in [-0.39, 0.29) is 5.82 Å². The van der Waals surface area contributed by atoms with Crippen molar-refractivity contribution in [3.8, 4) is 5.75 Å². The summed E-state index contributed by atoms with van der Waals surface area (Å²) in [5.41, 5.74) is 1.03. The van der Waals surface area contributed by atoms with E-state index >= 15 is 0 Å². The van der Waals surface area contributed by atoms with Crippen LogP contribution in [-0.4, -0.2) is 33.9 Å². The van der Waals surface area contributed by atoms with Crippen LogP contribution in [0.5, 0.6) is 5.75 Å². The number of rotatable bonds is 10. The van der Waals surface area contributed by atoms with Crippen LogP contribution >= 0.6 is 0 Å². The number of aryl methyl sites for hydroxylation is 1.